The molecule has 3 aromatic rings. The minimum atomic E-state index is -0.0739. The Hall–Kier alpha value is -3.48. The van der Waals surface area contributed by atoms with Crippen LogP contribution in [0.15, 0.2) is 48.8 Å². The summed E-state index contributed by atoms with van der Waals surface area (Å²) >= 11 is 0. The largest absolute Gasteiger partial charge is 0.486 e. The number of hydrogen-bond donors (Lipinski definition) is 2. The average Bonchev–Trinajstić information content (AvgIpc) is 3.22. The van der Waals surface area contributed by atoms with E-state index in [0.717, 1.165) is 34.5 Å². The van der Waals surface area contributed by atoms with Gasteiger partial charge < -0.3 is 24.7 Å². The van der Waals surface area contributed by atoms with Gasteiger partial charge in [-0.2, -0.15) is 0 Å². The Labute approximate surface area is 168 Å². The van der Waals surface area contributed by atoms with Gasteiger partial charge in [-0.15, -0.1) is 0 Å². The van der Waals surface area contributed by atoms with Crippen LogP contribution < -0.4 is 14.8 Å². The molecule has 148 valence electrons. The van der Waals surface area contributed by atoms with E-state index in [2.05, 4.69) is 27.4 Å². The number of fused-ring (bicyclic) bond motifs is 2. The SMILES string of the molecule is O=C(NCc1cccc2c1OCCO2)N1CC=C(c2c[nH]c3ncccc23)CC1. The molecular formula is C22H22N4O3. The fourth-order valence-corrected chi connectivity index (χ4v) is 3.88. The van der Waals surface area contributed by atoms with Gasteiger partial charge in [-0.05, 0) is 30.2 Å². The molecule has 0 fully saturated rings. The zero-order chi connectivity index (χ0) is 19.6. The first-order valence-electron chi connectivity index (χ1n) is 9.81. The van der Waals surface area contributed by atoms with Crippen molar-refractivity contribution < 1.29 is 14.3 Å². The minimum absolute atomic E-state index is 0.0739. The molecule has 4 heterocycles. The maximum atomic E-state index is 12.6. The predicted octanol–water partition coefficient (Wildman–Crippen LogP) is 3.33. The standard InChI is InChI=1S/C22H22N4O3/c27-22(25-13-16-3-1-5-19-20(16)29-12-11-28-19)26-9-6-15(7-10-26)18-14-24-21-17(18)4-2-8-23-21/h1-6,8,14H,7,9-13H2,(H,23,24)(H,25,27). The average molecular weight is 390 g/mol. The van der Waals surface area contributed by atoms with Crippen molar-refractivity contribution in [2.24, 2.45) is 0 Å². The summed E-state index contributed by atoms with van der Waals surface area (Å²) in [6.07, 6.45) is 6.72. The van der Waals surface area contributed by atoms with Gasteiger partial charge in [0, 0.05) is 48.5 Å². The lowest BCUT2D eigenvalue weighted by atomic mass is 10.00. The van der Waals surface area contributed by atoms with Crippen LogP contribution >= 0.6 is 0 Å². The Morgan fingerprint density at radius 1 is 1.21 bits per heavy atom. The highest BCUT2D eigenvalue weighted by Crippen LogP contribution is 2.33. The number of aromatic amines is 1. The second-order valence-electron chi connectivity index (χ2n) is 7.13. The number of urea groups is 1. The lowest BCUT2D eigenvalue weighted by molar-refractivity contribution is 0.169. The Morgan fingerprint density at radius 2 is 2.14 bits per heavy atom. The van der Waals surface area contributed by atoms with E-state index >= 15 is 0 Å². The third-order valence-electron chi connectivity index (χ3n) is 5.37. The van der Waals surface area contributed by atoms with Crippen LogP contribution in [0.4, 0.5) is 4.79 Å². The third kappa shape index (κ3) is 3.40. The number of ether oxygens (including phenoxy) is 2. The van der Waals surface area contributed by atoms with Gasteiger partial charge in [-0.1, -0.05) is 18.2 Å². The topological polar surface area (TPSA) is 79.5 Å². The van der Waals surface area contributed by atoms with Crippen LogP contribution in [0.1, 0.15) is 17.5 Å². The Bertz CT molecular complexity index is 1090. The quantitative estimate of drug-likeness (QED) is 0.719. The van der Waals surface area contributed by atoms with E-state index in [-0.39, 0.29) is 6.03 Å². The fourth-order valence-electron chi connectivity index (χ4n) is 3.88. The van der Waals surface area contributed by atoms with Gasteiger partial charge in [0.25, 0.3) is 0 Å². The molecule has 2 N–H and O–H groups in total. The van der Waals surface area contributed by atoms with Crippen molar-refractivity contribution in [2.45, 2.75) is 13.0 Å². The Kier molecular flexibility index (Phi) is 4.56. The first-order valence-corrected chi connectivity index (χ1v) is 9.81. The van der Waals surface area contributed by atoms with Crippen molar-refractivity contribution in [1.29, 1.82) is 0 Å². The number of hydrogen-bond acceptors (Lipinski definition) is 4. The van der Waals surface area contributed by atoms with Gasteiger partial charge in [-0.3, -0.25) is 0 Å². The monoisotopic (exact) mass is 390 g/mol. The molecule has 0 spiro atoms. The van der Waals surface area contributed by atoms with Crippen molar-refractivity contribution in [1.82, 2.24) is 20.2 Å². The van der Waals surface area contributed by atoms with Crippen LogP contribution in [0, 0.1) is 0 Å². The summed E-state index contributed by atoms with van der Waals surface area (Å²) in [6, 6.07) is 9.70. The summed E-state index contributed by atoms with van der Waals surface area (Å²) in [5, 5.41) is 4.12. The maximum Gasteiger partial charge on any atom is 0.317 e. The Morgan fingerprint density at radius 3 is 3.03 bits per heavy atom. The number of para-hydroxylation sites is 1. The first kappa shape index (κ1) is 17.6. The summed E-state index contributed by atoms with van der Waals surface area (Å²) in [4.78, 5) is 22.0. The molecule has 2 amide bonds. The molecule has 2 aliphatic heterocycles. The van der Waals surface area contributed by atoms with Crippen LogP contribution in [-0.2, 0) is 6.54 Å². The molecule has 0 radical (unpaired) electrons. The van der Waals surface area contributed by atoms with Crippen molar-refractivity contribution in [3.63, 3.8) is 0 Å². The number of aromatic nitrogens is 2. The normalized spacial score (nSPS) is 15.9. The number of rotatable bonds is 3. The molecule has 0 saturated heterocycles. The molecule has 0 saturated carbocycles. The number of pyridine rings is 1. The van der Waals surface area contributed by atoms with Gasteiger partial charge in [-0.25, -0.2) is 9.78 Å². The Balaban J connectivity index is 1.24. The number of carbonyl (C=O) groups is 1. The van der Waals surface area contributed by atoms with E-state index in [1.807, 2.05) is 35.4 Å². The molecule has 29 heavy (non-hydrogen) atoms. The van der Waals surface area contributed by atoms with Gasteiger partial charge >= 0.3 is 6.03 Å². The molecule has 0 unspecified atom stereocenters. The summed E-state index contributed by atoms with van der Waals surface area (Å²) in [7, 11) is 0. The predicted molar refractivity (Wildman–Crippen MR) is 110 cm³/mol. The van der Waals surface area contributed by atoms with Crippen LogP contribution in [-0.4, -0.2) is 47.2 Å². The van der Waals surface area contributed by atoms with Gasteiger partial charge in [0.05, 0.1) is 0 Å². The molecule has 0 bridgehead atoms. The molecule has 7 nitrogen and oxygen atoms in total. The van der Waals surface area contributed by atoms with Crippen molar-refractivity contribution in [3.8, 4) is 11.5 Å². The zero-order valence-electron chi connectivity index (χ0n) is 16.0. The van der Waals surface area contributed by atoms with Crippen LogP contribution in [0.2, 0.25) is 0 Å². The highest BCUT2D eigenvalue weighted by Gasteiger charge is 2.21. The van der Waals surface area contributed by atoms with Crippen molar-refractivity contribution in [2.75, 3.05) is 26.3 Å². The molecule has 2 aromatic heterocycles. The number of benzene rings is 1. The molecule has 5 rings (SSSR count). The highest BCUT2D eigenvalue weighted by molar-refractivity contribution is 5.91. The minimum Gasteiger partial charge on any atom is -0.486 e. The molecule has 7 heteroatoms. The third-order valence-corrected chi connectivity index (χ3v) is 5.37. The van der Waals surface area contributed by atoms with Crippen molar-refractivity contribution in [3.05, 3.63) is 59.9 Å². The van der Waals surface area contributed by atoms with E-state index in [1.54, 1.807) is 6.20 Å². The number of nitrogens with zero attached hydrogens (tertiary/aromatic N) is 2. The maximum absolute atomic E-state index is 12.6. The van der Waals surface area contributed by atoms with Crippen LogP contribution in [0.3, 0.4) is 0 Å². The van der Waals surface area contributed by atoms with Crippen LogP contribution in [0.5, 0.6) is 11.5 Å². The van der Waals surface area contributed by atoms with E-state index in [4.69, 9.17) is 9.47 Å². The van der Waals surface area contributed by atoms with E-state index < -0.39 is 0 Å². The smallest absolute Gasteiger partial charge is 0.317 e. The number of nitrogens with one attached hydrogen (secondary N) is 2. The molecule has 0 atom stereocenters. The molecular weight excluding hydrogens is 368 g/mol. The summed E-state index contributed by atoms with van der Waals surface area (Å²) in [5.41, 5.74) is 4.23. The van der Waals surface area contributed by atoms with E-state index in [9.17, 15) is 4.79 Å². The van der Waals surface area contributed by atoms with E-state index in [0.29, 0.717) is 32.8 Å². The second-order valence-corrected chi connectivity index (χ2v) is 7.13. The van der Waals surface area contributed by atoms with E-state index in [1.165, 1.54) is 11.1 Å². The zero-order valence-corrected chi connectivity index (χ0v) is 16.0. The molecule has 2 aliphatic rings. The summed E-state index contributed by atoms with van der Waals surface area (Å²) in [6.45, 7) is 2.75. The second kappa shape index (κ2) is 7.50. The fraction of sp³-hybridized carbons (Fsp3) is 0.273. The number of carbonyl (C=O) groups excluding carboxylic acids is 1. The van der Waals surface area contributed by atoms with Crippen molar-refractivity contribution >= 4 is 22.6 Å². The molecule has 1 aromatic carbocycles. The van der Waals surface area contributed by atoms with Crippen LogP contribution in [0.25, 0.3) is 16.6 Å². The molecule has 0 aliphatic carbocycles. The summed E-state index contributed by atoms with van der Waals surface area (Å²) in [5.74, 6) is 1.47. The lowest BCUT2D eigenvalue weighted by Crippen LogP contribution is -2.41. The summed E-state index contributed by atoms with van der Waals surface area (Å²) < 4.78 is 11.3. The van der Waals surface area contributed by atoms with Gasteiger partial charge in [0.2, 0.25) is 0 Å². The number of amides is 2. The number of H-pyrrole nitrogens is 1. The highest BCUT2D eigenvalue weighted by atomic mass is 16.6. The lowest BCUT2D eigenvalue weighted by Gasteiger charge is -2.27. The van der Waals surface area contributed by atoms with Gasteiger partial charge in [0.15, 0.2) is 11.5 Å². The van der Waals surface area contributed by atoms with Gasteiger partial charge in [0.1, 0.15) is 18.9 Å². The first-order chi connectivity index (χ1) is 14.3.